The van der Waals surface area contributed by atoms with E-state index in [9.17, 15) is 9.90 Å². The van der Waals surface area contributed by atoms with Gasteiger partial charge in [0.1, 0.15) is 5.78 Å². The van der Waals surface area contributed by atoms with E-state index < -0.39 is 5.41 Å². The normalized spacial score (nSPS) is 15.8. The maximum atomic E-state index is 13.3. The van der Waals surface area contributed by atoms with Crippen molar-refractivity contribution >= 4 is 5.78 Å². The third-order valence-corrected chi connectivity index (χ3v) is 6.22. The largest absolute Gasteiger partial charge is 0.454 e. The summed E-state index contributed by atoms with van der Waals surface area (Å²) in [6, 6.07) is 15.6. The zero-order valence-corrected chi connectivity index (χ0v) is 16.9. The number of aliphatic hydroxyl groups is 1. The number of pyridine rings is 1. The maximum Gasteiger partial charge on any atom is 0.231 e. The first kappa shape index (κ1) is 18.8. The molecule has 0 radical (unpaired) electrons. The molecule has 2 aromatic carbocycles. The van der Waals surface area contributed by atoms with Gasteiger partial charge in [0, 0.05) is 19.6 Å². The van der Waals surface area contributed by atoms with Gasteiger partial charge < -0.3 is 14.6 Å². The van der Waals surface area contributed by atoms with Crippen LogP contribution in [-0.4, -0.2) is 22.7 Å². The Bertz CT molecular complexity index is 1140. The fraction of sp³-hybridized carbons (Fsp3) is 0.280. The van der Waals surface area contributed by atoms with Crippen LogP contribution in [-0.2, 0) is 23.2 Å². The van der Waals surface area contributed by atoms with Gasteiger partial charge in [0.2, 0.25) is 6.79 Å². The second-order valence-corrected chi connectivity index (χ2v) is 8.05. The van der Waals surface area contributed by atoms with Crippen LogP contribution in [0.5, 0.6) is 11.5 Å². The molecule has 30 heavy (non-hydrogen) atoms. The van der Waals surface area contributed by atoms with Crippen LogP contribution in [0.15, 0.2) is 54.7 Å². The summed E-state index contributed by atoms with van der Waals surface area (Å²) in [4.78, 5) is 17.9. The number of hydrogen-bond acceptors (Lipinski definition) is 5. The average molecular weight is 403 g/mol. The Balaban J connectivity index is 0.00000231. The number of carbonyl (C=O) groups excluding carboxylic acids is 1. The van der Waals surface area contributed by atoms with Crippen LogP contribution in [0.1, 0.15) is 36.7 Å². The van der Waals surface area contributed by atoms with Gasteiger partial charge in [-0.25, -0.2) is 0 Å². The van der Waals surface area contributed by atoms with Gasteiger partial charge >= 0.3 is 0 Å². The van der Waals surface area contributed by atoms with Gasteiger partial charge in [-0.3, -0.25) is 9.78 Å². The van der Waals surface area contributed by atoms with Gasteiger partial charge in [0.05, 0.1) is 17.7 Å². The van der Waals surface area contributed by atoms with Crippen molar-refractivity contribution in [3.05, 3.63) is 77.1 Å². The minimum atomic E-state index is -0.433. The zero-order chi connectivity index (χ0) is 20.7. The molecule has 0 bridgehead atoms. The number of rotatable bonds is 6. The number of carbonyl (C=O) groups is 1. The average Bonchev–Trinajstić information content (AvgIpc) is 3.46. The highest BCUT2D eigenvalue weighted by atomic mass is 16.7. The van der Waals surface area contributed by atoms with E-state index >= 15 is 0 Å². The van der Waals surface area contributed by atoms with Crippen LogP contribution < -0.4 is 9.47 Å². The van der Waals surface area contributed by atoms with Gasteiger partial charge in [-0.1, -0.05) is 30.3 Å². The molecular weight excluding hydrogens is 378 g/mol. The van der Waals surface area contributed by atoms with Crippen molar-refractivity contribution in [2.75, 3.05) is 6.79 Å². The molecule has 0 saturated heterocycles. The molecule has 0 atom stereocenters. The third kappa shape index (κ3) is 3.15. The number of ketones is 1. The zero-order valence-electron chi connectivity index (χ0n) is 16.9. The van der Waals surface area contributed by atoms with Crippen molar-refractivity contribution in [1.82, 2.24) is 4.98 Å². The first-order chi connectivity index (χ1) is 14.6. The number of benzene rings is 2. The molecule has 0 unspecified atom stereocenters. The van der Waals surface area contributed by atoms with Crippen LogP contribution >= 0.6 is 0 Å². The number of Topliss-reactive ketones (excluding diaryl/α,β-unsaturated/α-hetero) is 1. The molecule has 1 N–H and O–H groups in total. The van der Waals surface area contributed by atoms with Gasteiger partial charge in [0.15, 0.2) is 11.5 Å². The van der Waals surface area contributed by atoms with Gasteiger partial charge in [-0.15, -0.1) is 0 Å². The van der Waals surface area contributed by atoms with Crippen molar-refractivity contribution in [3.8, 4) is 22.6 Å². The number of fused-ring (bicyclic) bond motifs is 1. The summed E-state index contributed by atoms with van der Waals surface area (Å²) < 4.78 is 10.9. The molecule has 1 saturated carbocycles. The highest BCUT2D eigenvalue weighted by Crippen LogP contribution is 2.51. The maximum absolute atomic E-state index is 13.3. The van der Waals surface area contributed by atoms with Crippen LogP contribution in [0, 0.1) is 6.92 Å². The Morgan fingerprint density at radius 1 is 1.13 bits per heavy atom. The van der Waals surface area contributed by atoms with Crippen LogP contribution in [0.4, 0.5) is 0 Å². The number of aliphatic hydroxyl groups excluding tert-OH is 1. The molecule has 1 aliphatic heterocycles. The number of ether oxygens (including phenoxy) is 2. The monoisotopic (exact) mass is 403 g/mol. The fourth-order valence-electron chi connectivity index (χ4n) is 4.24. The smallest absolute Gasteiger partial charge is 0.231 e. The molecule has 154 valence electrons. The minimum Gasteiger partial charge on any atom is -0.454 e. The van der Waals surface area contributed by atoms with E-state index in [1.54, 1.807) is 6.20 Å². The molecular formula is C25H25NO4. The molecule has 3 aromatic rings. The first-order valence-electron chi connectivity index (χ1n) is 10.2. The predicted molar refractivity (Wildman–Crippen MR) is 115 cm³/mol. The third-order valence-electron chi connectivity index (χ3n) is 6.22. The lowest BCUT2D eigenvalue weighted by atomic mass is 9.88. The van der Waals surface area contributed by atoms with E-state index in [4.69, 9.17) is 9.47 Å². The van der Waals surface area contributed by atoms with Crippen LogP contribution in [0.25, 0.3) is 11.1 Å². The van der Waals surface area contributed by atoms with Crippen molar-refractivity contribution in [1.29, 1.82) is 0 Å². The lowest BCUT2D eigenvalue weighted by Crippen LogP contribution is -2.23. The highest BCUT2D eigenvalue weighted by Gasteiger charge is 2.51. The van der Waals surface area contributed by atoms with Gasteiger partial charge in [-0.2, -0.15) is 0 Å². The molecule has 1 aromatic heterocycles. The molecule has 0 spiro atoms. The van der Waals surface area contributed by atoms with E-state index in [0.717, 1.165) is 52.1 Å². The number of hydrogen-bond donors (Lipinski definition) is 1. The minimum absolute atomic E-state index is 0. The standard InChI is InChI=1S/C25H23NO4.H2/c1-16-10-18(20-5-3-2-4-17(20)14-27)13-26-21(16)12-24(28)25(8-9-25)19-6-7-22-23(11-19)30-15-29-22;/h2-7,10-11,13,27H,8-9,12,14-15H2,1H3;1H. The number of aromatic nitrogens is 1. The molecule has 2 aliphatic rings. The molecule has 5 heteroatoms. The number of aryl methyl sites for hydroxylation is 1. The molecule has 2 heterocycles. The second kappa shape index (κ2) is 7.26. The van der Waals surface area contributed by atoms with Crippen LogP contribution in [0.3, 0.4) is 0 Å². The fourth-order valence-corrected chi connectivity index (χ4v) is 4.24. The summed E-state index contributed by atoms with van der Waals surface area (Å²) in [6.45, 7) is 2.20. The molecule has 5 nitrogen and oxygen atoms in total. The van der Waals surface area contributed by atoms with E-state index in [-0.39, 0.29) is 20.6 Å². The first-order valence-corrected chi connectivity index (χ1v) is 10.2. The van der Waals surface area contributed by atoms with E-state index in [1.807, 2.05) is 55.5 Å². The van der Waals surface area contributed by atoms with Gasteiger partial charge in [0.25, 0.3) is 0 Å². The number of nitrogens with zero attached hydrogens (tertiary/aromatic N) is 1. The van der Waals surface area contributed by atoms with Crippen molar-refractivity contribution in [2.45, 2.75) is 38.2 Å². The van der Waals surface area contributed by atoms with Crippen molar-refractivity contribution < 1.29 is 20.8 Å². The van der Waals surface area contributed by atoms with Crippen molar-refractivity contribution in [2.24, 2.45) is 0 Å². The van der Waals surface area contributed by atoms with E-state index in [0.29, 0.717) is 12.2 Å². The summed E-state index contributed by atoms with van der Waals surface area (Å²) in [5.41, 5.74) is 5.13. The summed E-state index contributed by atoms with van der Waals surface area (Å²) in [6.07, 6.45) is 3.81. The van der Waals surface area contributed by atoms with Crippen LogP contribution in [0.2, 0.25) is 0 Å². The lowest BCUT2D eigenvalue weighted by Gasteiger charge is -2.16. The Kier molecular flexibility index (Phi) is 4.55. The van der Waals surface area contributed by atoms with E-state index in [1.165, 1.54) is 0 Å². The summed E-state index contributed by atoms with van der Waals surface area (Å²) in [5.74, 6) is 1.64. The Labute approximate surface area is 176 Å². The second-order valence-electron chi connectivity index (χ2n) is 8.05. The summed E-state index contributed by atoms with van der Waals surface area (Å²) >= 11 is 0. The Morgan fingerprint density at radius 2 is 1.93 bits per heavy atom. The molecule has 1 aliphatic carbocycles. The Morgan fingerprint density at radius 3 is 2.70 bits per heavy atom. The molecule has 1 fully saturated rings. The SMILES string of the molecule is Cc1cc(-c2ccccc2CO)cnc1CC(=O)C1(c2ccc3c(c2)OCO3)CC1.[HH]. The quantitative estimate of drug-likeness (QED) is 0.662. The summed E-state index contributed by atoms with van der Waals surface area (Å²) in [7, 11) is 0. The molecule has 5 rings (SSSR count). The topological polar surface area (TPSA) is 68.7 Å². The highest BCUT2D eigenvalue weighted by molar-refractivity contribution is 5.94. The van der Waals surface area contributed by atoms with Gasteiger partial charge in [-0.05, 0) is 60.2 Å². The predicted octanol–water partition coefficient (Wildman–Crippen LogP) is 4.37. The lowest BCUT2D eigenvalue weighted by molar-refractivity contribution is -0.120. The van der Waals surface area contributed by atoms with Crippen molar-refractivity contribution in [3.63, 3.8) is 0 Å². The van der Waals surface area contributed by atoms with E-state index in [2.05, 4.69) is 4.98 Å². The molecule has 0 amide bonds. The summed E-state index contributed by atoms with van der Waals surface area (Å²) in [5, 5.41) is 9.60. The Hall–Kier alpha value is -3.18.